The van der Waals surface area contributed by atoms with E-state index in [0.29, 0.717) is 56.2 Å². The first-order valence-electron chi connectivity index (χ1n) is 9.07. The van der Waals surface area contributed by atoms with Gasteiger partial charge < -0.3 is 14.6 Å². The Labute approximate surface area is 153 Å². The molecule has 0 bridgehead atoms. The van der Waals surface area contributed by atoms with Gasteiger partial charge in [-0.1, -0.05) is 30.3 Å². The van der Waals surface area contributed by atoms with Gasteiger partial charge in [-0.05, 0) is 30.2 Å². The molecule has 2 aromatic rings. The third-order valence-electron chi connectivity index (χ3n) is 5.16. The summed E-state index contributed by atoms with van der Waals surface area (Å²) in [5.41, 5.74) is 0.772. The standard InChI is InChI=1S/C21H23NO4/c23-18(16-6-7-19-20(14-16)26-13-12-25-19)8-10-22-11-9-21(24,15-22)17-4-2-1-3-5-17/h1-7,14,24H,8-13,15H2/t21-/m1/s1. The molecule has 2 aliphatic rings. The summed E-state index contributed by atoms with van der Waals surface area (Å²) in [6.07, 6.45) is 1.11. The van der Waals surface area contributed by atoms with E-state index in [1.165, 1.54) is 0 Å². The number of Topliss-reactive ketones (excluding diaryl/α,β-unsaturated/α-hetero) is 1. The summed E-state index contributed by atoms with van der Waals surface area (Å²) in [5.74, 6) is 1.42. The highest BCUT2D eigenvalue weighted by Crippen LogP contribution is 2.33. The minimum Gasteiger partial charge on any atom is -0.486 e. The molecule has 1 fully saturated rings. The van der Waals surface area contributed by atoms with Crippen molar-refractivity contribution in [2.24, 2.45) is 0 Å². The summed E-state index contributed by atoms with van der Waals surface area (Å²) in [6, 6.07) is 15.1. The molecular weight excluding hydrogens is 330 g/mol. The van der Waals surface area contributed by atoms with Crippen molar-refractivity contribution in [3.8, 4) is 11.5 Å². The molecule has 0 radical (unpaired) electrons. The lowest BCUT2D eigenvalue weighted by Gasteiger charge is -2.24. The Bertz CT molecular complexity index is 792. The van der Waals surface area contributed by atoms with Crippen molar-refractivity contribution >= 4 is 5.78 Å². The fourth-order valence-electron chi connectivity index (χ4n) is 3.67. The Morgan fingerprint density at radius 2 is 1.85 bits per heavy atom. The maximum atomic E-state index is 12.5. The molecular formula is C21H23NO4. The summed E-state index contributed by atoms with van der Waals surface area (Å²) in [7, 11) is 0. The van der Waals surface area contributed by atoms with Crippen molar-refractivity contribution in [3.63, 3.8) is 0 Å². The van der Waals surface area contributed by atoms with Crippen LogP contribution >= 0.6 is 0 Å². The summed E-state index contributed by atoms with van der Waals surface area (Å²) in [5, 5.41) is 10.9. The monoisotopic (exact) mass is 353 g/mol. The van der Waals surface area contributed by atoms with Crippen LogP contribution in [0.4, 0.5) is 0 Å². The zero-order valence-electron chi connectivity index (χ0n) is 14.7. The Hall–Kier alpha value is -2.37. The van der Waals surface area contributed by atoms with Crippen molar-refractivity contribution in [2.75, 3.05) is 32.8 Å². The Morgan fingerprint density at radius 3 is 2.65 bits per heavy atom. The topological polar surface area (TPSA) is 59.0 Å². The molecule has 1 saturated heterocycles. The van der Waals surface area contributed by atoms with Crippen LogP contribution in [0.1, 0.15) is 28.8 Å². The first kappa shape index (κ1) is 17.1. The molecule has 2 aromatic carbocycles. The number of hydrogen-bond acceptors (Lipinski definition) is 5. The lowest BCUT2D eigenvalue weighted by Crippen LogP contribution is -2.31. The van der Waals surface area contributed by atoms with E-state index in [2.05, 4.69) is 4.90 Å². The third kappa shape index (κ3) is 3.45. The van der Waals surface area contributed by atoms with Crippen molar-refractivity contribution in [1.29, 1.82) is 0 Å². The molecule has 1 atom stereocenters. The number of ether oxygens (including phenoxy) is 2. The molecule has 0 aliphatic carbocycles. The van der Waals surface area contributed by atoms with E-state index in [1.54, 1.807) is 18.2 Å². The molecule has 1 N–H and O–H groups in total. The highest BCUT2D eigenvalue weighted by atomic mass is 16.6. The van der Waals surface area contributed by atoms with Gasteiger partial charge in [-0.25, -0.2) is 0 Å². The molecule has 0 aromatic heterocycles. The Balaban J connectivity index is 1.35. The minimum absolute atomic E-state index is 0.0807. The minimum atomic E-state index is -0.818. The van der Waals surface area contributed by atoms with E-state index in [0.717, 1.165) is 12.1 Å². The van der Waals surface area contributed by atoms with Crippen LogP contribution < -0.4 is 9.47 Å². The first-order valence-corrected chi connectivity index (χ1v) is 9.07. The van der Waals surface area contributed by atoms with Gasteiger partial charge in [0.15, 0.2) is 17.3 Å². The van der Waals surface area contributed by atoms with E-state index in [9.17, 15) is 9.90 Å². The molecule has 5 nitrogen and oxygen atoms in total. The van der Waals surface area contributed by atoms with Crippen LogP contribution in [0, 0.1) is 0 Å². The van der Waals surface area contributed by atoms with Crippen molar-refractivity contribution in [3.05, 3.63) is 59.7 Å². The summed E-state index contributed by atoms with van der Waals surface area (Å²) >= 11 is 0. The average molecular weight is 353 g/mol. The number of hydrogen-bond donors (Lipinski definition) is 1. The van der Waals surface area contributed by atoms with Crippen LogP contribution in [-0.2, 0) is 5.60 Å². The smallest absolute Gasteiger partial charge is 0.164 e. The number of ketones is 1. The highest BCUT2D eigenvalue weighted by molar-refractivity contribution is 5.96. The summed E-state index contributed by atoms with van der Waals surface area (Å²) < 4.78 is 11.0. The number of carbonyl (C=O) groups excluding carboxylic acids is 1. The van der Waals surface area contributed by atoms with Gasteiger partial charge >= 0.3 is 0 Å². The van der Waals surface area contributed by atoms with E-state index in [1.807, 2.05) is 30.3 Å². The second kappa shape index (κ2) is 7.09. The summed E-state index contributed by atoms with van der Waals surface area (Å²) in [6.45, 7) is 3.05. The molecule has 5 heteroatoms. The zero-order chi connectivity index (χ0) is 18.0. The van der Waals surface area contributed by atoms with E-state index < -0.39 is 5.60 Å². The number of carbonyl (C=O) groups is 1. The summed E-state index contributed by atoms with van der Waals surface area (Å²) in [4.78, 5) is 14.7. The number of benzene rings is 2. The fourth-order valence-corrected chi connectivity index (χ4v) is 3.67. The normalized spacial score (nSPS) is 22.3. The van der Waals surface area contributed by atoms with Crippen molar-refractivity contribution < 1.29 is 19.4 Å². The molecule has 136 valence electrons. The zero-order valence-corrected chi connectivity index (χ0v) is 14.7. The number of aliphatic hydroxyl groups is 1. The van der Waals surface area contributed by atoms with E-state index in [4.69, 9.17) is 9.47 Å². The van der Waals surface area contributed by atoms with Crippen LogP contribution in [0.15, 0.2) is 48.5 Å². The van der Waals surface area contributed by atoms with Crippen LogP contribution in [0.5, 0.6) is 11.5 Å². The number of rotatable bonds is 5. The second-order valence-corrected chi connectivity index (χ2v) is 6.96. The van der Waals surface area contributed by atoms with Crippen LogP contribution in [-0.4, -0.2) is 48.6 Å². The fraction of sp³-hybridized carbons (Fsp3) is 0.381. The number of β-amino-alcohol motifs (C(OH)–C–C–N with tert-alkyl or cyclic N) is 1. The van der Waals surface area contributed by atoms with E-state index in [-0.39, 0.29) is 5.78 Å². The van der Waals surface area contributed by atoms with Gasteiger partial charge in [0, 0.05) is 31.6 Å². The van der Waals surface area contributed by atoms with Gasteiger partial charge in [0.1, 0.15) is 18.8 Å². The van der Waals surface area contributed by atoms with Crippen molar-refractivity contribution in [2.45, 2.75) is 18.4 Å². The van der Waals surface area contributed by atoms with Gasteiger partial charge in [-0.2, -0.15) is 0 Å². The number of likely N-dealkylation sites (tertiary alicyclic amines) is 1. The maximum Gasteiger partial charge on any atom is 0.164 e. The molecule has 26 heavy (non-hydrogen) atoms. The van der Waals surface area contributed by atoms with Gasteiger partial charge in [0.05, 0.1) is 0 Å². The molecule has 0 unspecified atom stereocenters. The first-order chi connectivity index (χ1) is 12.6. The lowest BCUT2D eigenvalue weighted by molar-refractivity contribution is 0.0457. The molecule has 0 spiro atoms. The molecule has 2 heterocycles. The third-order valence-corrected chi connectivity index (χ3v) is 5.16. The molecule has 0 saturated carbocycles. The Kier molecular flexibility index (Phi) is 4.66. The van der Waals surface area contributed by atoms with Crippen LogP contribution in [0.2, 0.25) is 0 Å². The van der Waals surface area contributed by atoms with Gasteiger partial charge in [-0.3, -0.25) is 9.69 Å². The Morgan fingerprint density at radius 1 is 1.08 bits per heavy atom. The average Bonchev–Trinajstić information content (AvgIpc) is 3.09. The molecule has 0 amide bonds. The van der Waals surface area contributed by atoms with Gasteiger partial charge in [0.25, 0.3) is 0 Å². The SMILES string of the molecule is O=C(CCN1CC[C@](O)(c2ccccc2)C1)c1ccc2c(c1)OCCO2. The van der Waals surface area contributed by atoms with Gasteiger partial charge in [-0.15, -0.1) is 0 Å². The van der Waals surface area contributed by atoms with E-state index >= 15 is 0 Å². The number of nitrogens with zero attached hydrogens (tertiary/aromatic N) is 1. The lowest BCUT2D eigenvalue weighted by atomic mass is 9.93. The van der Waals surface area contributed by atoms with Crippen molar-refractivity contribution in [1.82, 2.24) is 4.90 Å². The van der Waals surface area contributed by atoms with Gasteiger partial charge in [0.2, 0.25) is 0 Å². The largest absolute Gasteiger partial charge is 0.486 e. The van der Waals surface area contributed by atoms with Crippen LogP contribution in [0.25, 0.3) is 0 Å². The highest BCUT2D eigenvalue weighted by Gasteiger charge is 2.37. The molecule has 2 aliphatic heterocycles. The second-order valence-electron chi connectivity index (χ2n) is 6.96. The predicted octanol–water partition coefficient (Wildman–Crippen LogP) is 2.62. The predicted molar refractivity (Wildman–Crippen MR) is 97.8 cm³/mol. The quantitative estimate of drug-likeness (QED) is 0.838. The number of fused-ring (bicyclic) bond motifs is 1. The maximum absolute atomic E-state index is 12.5. The molecule has 4 rings (SSSR count). The van der Waals surface area contributed by atoms with Crippen LogP contribution in [0.3, 0.4) is 0 Å².